The van der Waals surface area contributed by atoms with Gasteiger partial charge < -0.3 is 14.5 Å². The molecule has 0 amide bonds. The van der Waals surface area contributed by atoms with Crippen molar-refractivity contribution >= 4 is 0 Å². The molecular weight excluding hydrogens is 178 g/mol. The van der Waals surface area contributed by atoms with E-state index in [1.54, 1.807) is 18.4 Å². The van der Waals surface area contributed by atoms with E-state index in [1.807, 2.05) is 20.0 Å². The van der Waals surface area contributed by atoms with Crippen LogP contribution in [-0.4, -0.2) is 10.1 Å². The van der Waals surface area contributed by atoms with Gasteiger partial charge in [0.2, 0.25) is 0 Å². The molecule has 2 aromatic heterocycles. The number of rotatable bonds is 2. The van der Waals surface area contributed by atoms with Gasteiger partial charge in [0.25, 0.3) is 0 Å². The van der Waals surface area contributed by atoms with Crippen LogP contribution in [-0.2, 0) is 0 Å². The minimum absolute atomic E-state index is 0.565. The number of aliphatic hydroxyl groups excluding tert-OH is 1. The molecule has 1 atom stereocenters. The topological polar surface area (TPSA) is 49.2 Å². The highest BCUT2D eigenvalue weighted by Gasteiger charge is 2.17. The molecule has 74 valence electrons. The molecule has 0 saturated heterocycles. The predicted molar refractivity (Wildman–Crippen MR) is 53.0 cm³/mol. The van der Waals surface area contributed by atoms with Crippen LogP contribution in [0.25, 0.3) is 0 Å². The van der Waals surface area contributed by atoms with Crippen LogP contribution in [0.15, 0.2) is 29.0 Å². The normalized spacial score (nSPS) is 13.1. The number of aryl methyl sites for hydroxylation is 1. The van der Waals surface area contributed by atoms with E-state index in [0.717, 1.165) is 16.8 Å². The second-order valence-electron chi connectivity index (χ2n) is 3.43. The maximum absolute atomic E-state index is 9.95. The van der Waals surface area contributed by atoms with Crippen molar-refractivity contribution in [2.24, 2.45) is 0 Å². The first-order valence-corrected chi connectivity index (χ1v) is 4.56. The number of aromatic amines is 1. The number of nitrogens with one attached hydrogen (secondary N) is 1. The summed E-state index contributed by atoms with van der Waals surface area (Å²) in [5.41, 5.74) is 3.02. The average Bonchev–Trinajstić information content (AvgIpc) is 2.77. The lowest BCUT2D eigenvalue weighted by Gasteiger charge is -2.07. The van der Waals surface area contributed by atoms with Crippen LogP contribution in [0.4, 0.5) is 0 Å². The van der Waals surface area contributed by atoms with Crippen molar-refractivity contribution in [3.63, 3.8) is 0 Å². The van der Waals surface area contributed by atoms with Gasteiger partial charge in [-0.05, 0) is 37.1 Å². The number of furan rings is 1. The number of aromatic nitrogens is 1. The highest BCUT2D eigenvalue weighted by Crippen LogP contribution is 2.25. The largest absolute Gasteiger partial charge is 0.466 e. The number of aliphatic hydroxyl groups is 1. The molecule has 3 nitrogen and oxygen atoms in total. The molecule has 14 heavy (non-hydrogen) atoms. The summed E-state index contributed by atoms with van der Waals surface area (Å²) in [7, 11) is 0. The molecule has 2 heterocycles. The molecule has 0 spiro atoms. The van der Waals surface area contributed by atoms with Crippen molar-refractivity contribution in [3.05, 3.63) is 47.2 Å². The van der Waals surface area contributed by atoms with Gasteiger partial charge in [-0.1, -0.05) is 0 Å². The minimum Gasteiger partial charge on any atom is -0.466 e. The molecular formula is C11H13NO2. The molecule has 0 fully saturated rings. The molecule has 0 radical (unpaired) electrons. The summed E-state index contributed by atoms with van der Waals surface area (Å²) >= 11 is 0. The summed E-state index contributed by atoms with van der Waals surface area (Å²) in [6, 6.07) is 3.53. The molecule has 0 aliphatic carbocycles. The molecule has 3 heteroatoms. The van der Waals surface area contributed by atoms with Gasteiger partial charge in [0.15, 0.2) is 6.10 Å². The van der Waals surface area contributed by atoms with Crippen molar-refractivity contribution in [1.29, 1.82) is 0 Å². The summed E-state index contributed by atoms with van der Waals surface area (Å²) in [5, 5.41) is 9.95. The zero-order valence-corrected chi connectivity index (χ0v) is 8.24. The third-order valence-corrected chi connectivity index (χ3v) is 2.53. The summed E-state index contributed by atoms with van der Waals surface area (Å²) in [5.74, 6) is 0.565. The molecule has 0 aliphatic rings. The van der Waals surface area contributed by atoms with E-state index in [4.69, 9.17) is 4.42 Å². The van der Waals surface area contributed by atoms with E-state index in [-0.39, 0.29) is 0 Å². The van der Waals surface area contributed by atoms with Crippen LogP contribution in [0.2, 0.25) is 0 Å². The predicted octanol–water partition coefficient (Wildman–Crippen LogP) is 2.31. The Kier molecular flexibility index (Phi) is 2.17. The Labute approximate surface area is 82.4 Å². The van der Waals surface area contributed by atoms with E-state index in [0.29, 0.717) is 5.76 Å². The van der Waals surface area contributed by atoms with Crippen LogP contribution < -0.4 is 0 Å². The Morgan fingerprint density at radius 2 is 2.21 bits per heavy atom. The van der Waals surface area contributed by atoms with Crippen LogP contribution in [0, 0.1) is 13.8 Å². The Morgan fingerprint density at radius 1 is 1.43 bits per heavy atom. The van der Waals surface area contributed by atoms with E-state index < -0.39 is 6.10 Å². The van der Waals surface area contributed by atoms with Gasteiger partial charge in [-0.2, -0.15) is 0 Å². The van der Waals surface area contributed by atoms with Crippen molar-refractivity contribution < 1.29 is 9.52 Å². The second-order valence-corrected chi connectivity index (χ2v) is 3.43. The van der Waals surface area contributed by atoms with Crippen LogP contribution in [0.3, 0.4) is 0 Å². The maximum Gasteiger partial charge on any atom is 0.151 e. The molecule has 0 aromatic carbocycles. The monoisotopic (exact) mass is 191 g/mol. The third kappa shape index (κ3) is 1.36. The highest BCUT2D eigenvalue weighted by molar-refractivity contribution is 5.32. The standard InChI is InChI=1S/C11H13NO2/c1-7-6-12-10(8(7)2)11(13)9-4-3-5-14-9/h3-6,11-13H,1-2H3. The van der Waals surface area contributed by atoms with Gasteiger partial charge in [-0.3, -0.25) is 0 Å². The van der Waals surface area contributed by atoms with Gasteiger partial charge in [0, 0.05) is 6.20 Å². The summed E-state index contributed by atoms with van der Waals surface area (Å²) < 4.78 is 5.14. The SMILES string of the molecule is Cc1c[nH]c(C(O)c2ccco2)c1C. The lowest BCUT2D eigenvalue weighted by Crippen LogP contribution is -2.00. The fourth-order valence-electron chi connectivity index (χ4n) is 1.49. The third-order valence-electron chi connectivity index (χ3n) is 2.53. The van der Waals surface area contributed by atoms with Crippen molar-refractivity contribution in [3.8, 4) is 0 Å². The van der Waals surface area contributed by atoms with Crippen molar-refractivity contribution in [2.45, 2.75) is 20.0 Å². The van der Waals surface area contributed by atoms with Gasteiger partial charge in [0.1, 0.15) is 5.76 Å². The Morgan fingerprint density at radius 3 is 2.71 bits per heavy atom. The molecule has 0 saturated carbocycles. The van der Waals surface area contributed by atoms with Gasteiger partial charge in [0.05, 0.1) is 12.0 Å². The first kappa shape index (κ1) is 9.09. The molecule has 2 N–H and O–H groups in total. The average molecular weight is 191 g/mol. The number of H-pyrrole nitrogens is 1. The van der Waals surface area contributed by atoms with Gasteiger partial charge in [-0.15, -0.1) is 0 Å². The second kappa shape index (κ2) is 3.35. The summed E-state index contributed by atoms with van der Waals surface area (Å²) in [4.78, 5) is 3.05. The lowest BCUT2D eigenvalue weighted by molar-refractivity contribution is 0.185. The first-order valence-electron chi connectivity index (χ1n) is 4.56. The van der Waals surface area contributed by atoms with E-state index in [9.17, 15) is 5.11 Å². The zero-order valence-electron chi connectivity index (χ0n) is 8.24. The zero-order chi connectivity index (χ0) is 10.1. The Hall–Kier alpha value is -1.48. The van der Waals surface area contributed by atoms with Crippen LogP contribution >= 0.6 is 0 Å². The fourth-order valence-corrected chi connectivity index (χ4v) is 1.49. The smallest absolute Gasteiger partial charge is 0.151 e. The van der Waals surface area contributed by atoms with Crippen LogP contribution in [0.1, 0.15) is 28.7 Å². The van der Waals surface area contributed by atoms with Crippen molar-refractivity contribution in [1.82, 2.24) is 4.98 Å². The molecule has 2 rings (SSSR count). The summed E-state index contributed by atoms with van der Waals surface area (Å²) in [6.07, 6.45) is 2.75. The summed E-state index contributed by atoms with van der Waals surface area (Å²) in [6.45, 7) is 3.98. The first-order chi connectivity index (χ1) is 6.70. The molecule has 0 aliphatic heterocycles. The van der Waals surface area contributed by atoms with Crippen molar-refractivity contribution in [2.75, 3.05) is 0 Å². The number of hydrogen-bond donors (Lipinski definition) is 2. The Bertz CT molecular complexity index is 414. The van der Waals surface area contributed by atoms with Crippen LogP contribution in [0.5, 0.6) is 0 Å². The van der Waals surface area contributed by atoms with E-state index >= 15 is 0 Å². The molecule has 0 bridgehead atoms. The fraction of sp³-hybridized carbons (Fsp3) is 0.273. The number of hydrogen-bond acceptors (Lipinski definition) is 2. The molecule has 2 aromatic rings. The lowest BCUT2D eigenvalue weighted by atomic mass is 10.1. The van der Waals surface area contributed by atoms with E-state index in [2.05, 4.69) is 4.98 Å². The quantitative estimate of drug-likeness (QED) is 0.765. The highest BCUT2D eigenvalue weighted by atomic mass is 16.4. The minimum atomic E-state index is -0.696. The van der Waals surface area contributed by atoms with Gasteiger partial charge >= 0.3 is 0 Å². The van der Waals surface area contributed by atoms with Gasteiger partial charge in [-0.25, -0.2) is 0 Å². The maximum atomic E-state index is 9.95. The Balaban J connectivity index is 2.36. The molecule has 1 unspecified atom stereocenters. The van der Waals surface area contributed by atoms with E-state index in [1.165, 1.54) is 0 Å².